The van der Waals surface area contributed by atoms with Crippen molar-refractivity contribution in [2.75, 3.05) is 12.3 Å². The minimum absolute atomic E-state index is 0.0347. The lowest BCUT2D eigenvalue weighted by Crippen LogP contribution is -2.18. The number of fused-ring (bicyclic) bond motifs is 2. The number of anilines is 1. The molecule has 1 unspecified atom stereocenters. The average molecular weight is 454 g/mol. The normalized spacial score (nSPS) is 17.1. The predicted molar refractivity (Wildman–Crippen MR) is 115 cm³/mol. The number of ether oxygens (including phenoxy) is 2. The van der Waals surface area contributed by atoms with E-state index >= 15 is 0 Å². The van der Waals surface area contributed by atoms with Gasteiger partial charge in [-0.05, 0) is 49.9 Å². The van der Waals surface area contributed by atoms with E-state index in [1.54, 1.807) is 0 Å². The molecule has 29 heavy (non-hydrogen) atoms. The first kappa shape index (κ1) is 18.3. The highest BCUT2D eigenvalue weighted by atomic mass is 79.9. The monoisotopic (exact) mass is 453 g/mol. The van der Waals surface area contributed by atoms with Gasteiger partial charge in [-0.1, -0.05) is 22.0 Å². The van der Waals surface area contributed by atoms with Crippen LogP contribution in [0.25, 0.3) is 21.8 Å². The molecular weight excluding hydrogens is 434 g/mol. The maximum Gasteiger partial charge on any atom is 0.150 e. The summed E-state index contributed by atoms with van der Waals surface area (Å²) < 4.78 is 15.2. The zero-order chi connectivity index (χ0) is 20.0. The molecule has 0 amide bonds. The van der Waals surface area contributed by atoms with E-state index in [1.165, 1.54) is 6.33 Å². The minimum Gasteiger partial charge on any atom is -0.455 e. The van der Waals surface area contributed by atoms with E-state index in [9.17, 15) is 0 Å². The lowest BCUT2D eigenvalue weighted by atomic mass is 10.1. The second-order valence-corrected chi connectivity index (χ2v) is 8.13. The molecule has 2 aromatic heterocycles. The van der Waals surface area contributed by atoms with Crippen LogP contribution in [0.1, 0.15) is 31.1 Å². The van der Waals surface area contributed by atoms with Crippen molar-refractivity contribution < 1.29 is 9.47 Å². The summed E-state index contributed by atoms with van der Waals surface area (Å²) in [5.41, 5.74) is 8.85. The van der Waals surface area contributed by atoms with Gasteiger partial charge in [0.2, 0.25) is 0 Å². The van der Waals surface area contributed by atoms with Gasteiger partial charge in [0.05, 0.1) is 28.0 Å². The van der Waals surface area contributed by atoms with Gasteiger partial charge in [0.25, 0.3) is 0 Å². The van der Waals surface area contributed by atoms with Crippen molar-refractivity contribution in [3.05, 3.63) is 46.8 Å². The number of rotatable bonds is 3. The van der Waals surface area contributed by atoms with Crippen LogP contribution in [0.4, 0.5) is 5.82 Å². The molecule has 0 aliphatic carbocycles. The molecule has 8 heteroatoms. The standard InChI is InChI=1S/C21H20BrN5O2/c1-12-5-6-16-14(10-26-27(16)18-4-2-3-7-28-18)20(12)29-17-9-13(22)8-15-19(17)21(23)25-11-24-15/h5-6,8-11,18H,2-4,7H2,1H3,(H2,23,24,25). The summed E-state index contributed by atoms with van der Waals surface area (Å²) >= 11 is 3.53. The molecule has 1 atom stereocenters. The fourth-order valence-corrected chi connectivity index (χ4v) is 4.25. The number of nitrogens with two attached hydrogens (primary N) is 1. The lowest BCUT2D eigenvalue weighted by Gasteiger charge is -2.23. The van der Waals surface area contributed by atoms with Gasteiger partial charge in [0.1, 0.15) is 23.6 Å². The summed E-state index contributed by atoms with van der Waals surface area (Å²) in [6.45, 7) is 2.79. The lowest BCUT2D eigenvalue weighted by molar-refractivity contribution is -0.0366. The molecule has 0 bridgehead atoms. The van der Waals surface area contributed by atoms with Crippen molar-refractivity contribution in [2.24, 2.45) is 0 Å². The number of hydrogen-bond donors (Lipinski definition) is 1. The quantitative estimate of drug-likeness (QED) is 0.462. The number of benzene rings is 2. The van der Waals surface area contributed by atoms with Crippen molar-refractivity contribution in [3.8, 4) is 11.5 Å². The number of nitrogen functional groups attached to an aromatic ring is 1. The Labute approximate surface area is 176 Å². The van der Waals surface area contributed by atoms with E-state index in [2.05, 4.69) is 37.1 Å². The fraction of sp³-hybridized carbons (Fsp3) is 0.286. The summed E-state index contributed by atoms with van der Waals surface area (Å²) in [7, 11) is 0. The van der Waals surface area contributed by atoms with Gasteiger partial charge in [-0.15, -0.1) is 0 Å². The van der Waals surface area contributed by atoms with Gasteiger partial charge < -0.3 is 15.2 Å². The SMILES string of the molecule is Cc1ccc2c(cnn2C2CCCCO2)c1Oc1cc(Br)cc2ncnc(N)c12. The molecule has 4 aromatic rings. The third kappa shape index (κ3) is 3.22. The Kier molecular flexibility index (Phi) is 4.60. The first-order chi connectivity index (χ1) is 14.1. The van der Waals surface area contributed by atoms with Gasteiger partial charge in [-0.2, -0.15) is 5.10 Å². The van der Waals surface area contributed by atoms with Crippen LogP contribution in [0, 0.1) is 6.92 Å². The molecule has 1 saturated heterocycles. The molecule has 5 rings (SSSR count). The van der Waals surface area contributed by atoms with Crippen LogP contribution in [-0.2, 0) is 4.74 Å². The van der Waals surface area contributed by atoms with Crippen LogP contribution < -0.4 is 10.5 Å². The molecule has 1 aliphatic rings. The van der Waals surface area contributed by atoms with Crippen LogP contribution in [0.2, 0.25) is 0 Å². The van der Waals surface area contributed by atoms with E-state index in [-0.39, 0.29) is 6.23 Å². The summed E-state index contributed by atoms with van der Waals surface area (Å²) in [5.74, 6) is 1.73. The molecule has 1 fully saturated rings. The maximum atomic E-state index is 6.41. The Balaban J connectivity index is 1.64. The Morgan fingerprint density at radius 1 is 1.24 bits per heavy atom. The molecule has 3 heterocycles. The van der Waals surface area contributed by atoms with Crippen molar-refractivity contribution >= 4 is 43.6 Å². The molecule has 0 saturated carbocycles. The van der Waals surface area contributed by atoms with Gasteiger partial charge in [0.15, 0.2) is 6.23 Å². The molecule has 2 aromatic carbocycles. The largest absolute Gasteiger partial charge is 0.455 e. The number of aryl methyl sites for hydroxylation is 1. The third-order valence-electron chi connectivity index (χ3n) is 5.26. The zero-order valence-electron chi connectivity index (χ0n) is 15.9. The topological polar surface area (TPSA) is 88.1 Å². The number of aromatic nitrogens is 4. The first-order valence-electron chi connectivity index (χ1n) is 9.58. The average Bonchev–Trinajstić information content (AvgIpc) is 3.15. The highest BCUT2D eigenvalue weighted by molar-refractivity contribution is 9.10. The fourth-order valence-electron chi connectivity index (χ4n) is 3.82. The summed E-state index contributed by atoms with van der Waals surface area (Å²) in [6.07, 6.45) is 6.47. The molecule has 0 spiro atoms. The van der Waals surface area contributed by atoms with Crippen molar-refractivity contribution in [1.82, 2.24) is 19.7 Å². The number of hydrogen-bond acceptors (Lipinski definition) is 6. The van der Waals surface area contributed by atoms with Crippen LogP contribution in [0.3, 0.4) is 0 Å². The Bertz CT molecular complexity index is 1220. The summed E-state index contributed by atoms with van der Waals surface area (Å²) in [5, 5.41) is 6.24. The molecule has 148 valence electrons. The second kappa shape index (κ2) is 7.27. The zero-order valence-corrected chi connectivity index (χ0v) is 17.5. The van der Waals surface area contributed by atoms with E-state index in [1.807, 2.05) is 36.0 Å². The highest BCUT2D eigenvalue weighted by Gasteiger charge is 2.21. The van der Waals surface area contributed by atoms with E-state index in [0.717, 1.165) is 58.1 Å². The Morgan fingerprint density at radius 3 is 2.97 bits per heavy atom. The number of nitrogens with zero attached hydrogens (tertiary/aromatic N) is 4. The van der Waals surface area contributed by atoms with Crippen molar-refractivity contribution in [3.63, 3.8) is 0 Å². The smallest absolute Gasteiger partial charge is 0.150 e. The molecule has 0 radical (unpaired) electrons. The third-order valence-corrected chi connectivity index (χ3v) is 5.72. The van der Waals surface area contributed by atoms with Gasteiger partial charge in [-0.3, -0.25) is 0 Å². The molecule has 1 aliphatic heterocycles. The van der Waals surface area contributed by atoms with Crippen LogP contribution >= 0.6 is 15.9 Å². The van der Waals surface area contributed by atoms with Crippen LogP contribution in [-0.4, -0.2) is 26.4 Å². The van der Waals surface area contributed by atoms with Gasteiger partial charge in [0, 0.05) is 11.1 Å². The number of halogens is 1. The Morgan fingerprint density at radius 2 is 2.14 bits per heavy atom. The molecule has 7 nitrogen and oxygen atoms in total. The second-order valence-electron chi connectivity index (χ2n) is 7.21. The first-order valence-corrected chi connectivity index (χ1v) is 10.4. The summed E-state index contributed by atoms with van der Waals surface area (Å²) in [4.78, 5) is 8.45. The molecule has 2 N–H and O–H groups in total. The van der Waals surface area contributed by atoms with Crippen molar-refractivity contribution in [2.45, 2.75) is 32.4 Å². The van der Waals surface area contributed by atoms with E-state index in [4.69, 9.17) is 15.2 Å². The highest BCUT2D eigenvalue weighted by Crippen LogP contribution is 2.39. The van der Waals surface area contributed by atoms with Crippen molar-refractivity contribution in [1.29, 1.82) is 0 Å². The van der Waals surface area contributed by atoms with Gasteiger partial charge in [-0.25, -0.2) is 14.6 Å². The van der Waals surface area contributed by atoms with E-state index < -0.39 is 0 Å². The summed E-state index contributed by atoms with van der Waals surface area (Å²) in [6, 6.07) is 7.89. The van der Waals surface area contributed by atoms with Crippen LogP contribution in [0.15, 0.2) is 41.3 Å². The maximum absolute atomic E-state index is 6.41. The predicted octanol–water partition coefficient (Wildman–Crippen LogP) is 5.12. The van der Waals surface area contributed by atoms with E-state index in [0.29, 0.717) is 17.0 Å². The Hall–Kier alpha value is -2.71. The van der Waals surface area contributed by atoms with Gasteiger partial charge >= 0.3 is 0 Å². The van der Waals surface area contributed by atoms with Crippen LogP contribution in [0.5, 0.6) is 11.5 Å². The molecular formula is C21H20BrN5O2. The minimum atomic E-state index is -0.0347.